The van der Waals surface area contributed by atoms with Crippen molar-refractivity contribution in [1.29, 1.82) is 0 Å². The van der Waals surface area contributed by atoms with Crippen LogP contribution >= 0.6 is 0 Å². The molecule has 3 fully saturated rings. The molecule has 0 aliphatic carbocycles. The van der Waals surface area contributed by atoms with E-state index in [-0.39, 0.29) is 24.8 Å². The molecule has 3 aliphatic heterocycles. The van der Waals surface area contributed by atoms with Gasteiger partial charge in [0.25, 0.3) is 0 Å². The van der Waals surface area contributed by atoms with Crippen molar-refractivity contribution in [2.45, 2.75) is 50.9 Å². The molecule has 3 heterocycles. The fourth-order valence-electron chi connectivity index (χ4n) is 5.42. The van der Waals surface area contributed by atoms with Gasteiger partial charge in [0.15, 0.2) is 6.23 Å². The van der Waals surface area contributed by atoms with Gasteiger partial charge in [-0.1, -0.05) is 30.3 Å². The fraction of sp³-hybridized carbons (Fsp3) is 0.680. The smallest absolute Gasteiger partial charge is 0.411 e. The molecule has 8 nitrogen and oxygen atoms in total. The zero-order valence-corrected chi connectivity index (χ0v) is 19.8. The number of hydrogen-bond acceptors (Lipinski definition) is 6. The summed E-state index contributed by atoms with van der Waals surface area (Å²) in [4.78, 5) is 32.0. The Kier molecular flexibility index (Phi) is 8.22. The molecule has 1 aromatic carbocycles. The van der Waals surface area contributed by atoms with Crippen LogP contribution in [0.25, 0.3) is 0 Å². The number of hydrogen-bond donors (Lipinski definition) is 1. The molecule has 4 rings (SSSR count). The highest BCUT2D eigenvalue weighted by Crippen LogP contribution is 2.30. The second kappa shape index (κ2) is 11.3. The van der Waals surface area contributed by atoms with Crippen LogP contribution in [0.4, 0.5) is 4.79 Å². The van der Waals surface area contributed by atoms with Gasteiger partial charge in [-0.3, -0.25) is 14.6 Å². The molecule has 0 saturated carbocycles. The molecular weight excluding hydrogens is 420 g/mol. The summed E-state index contributed by atoms with van der Waals surface area (Å²) in [6.07, 6.45) is 4.28. The maximum absolute atomic E-state index is 12.3. The first-order chi connectivity index (χ1) is 16.0. The molecule has 0 bridgehead atoms. The number of rotatable bonds is 9. The summed E-state index contributed by atoms with van der Waals surface area (Å²) in [5, 5.41) is 8.91. The highest BCUT2D eigenvalue weighted by molar-refractivity contribution is 5.70. The maximum Gasteiger partial charge on any atom is 0.411 e. The molecule has 0 radical (unpaired) electrons. The number of ether oxygens (including phenoxy) is 1. The summed E-state index contributed by atoms with van der Waals surface area (Å²) >= 11 is 0. The van der Waals surface area contributed by atoms with Gasteiger partial charge in [0.1, 0.15) is 0 Å². The Balaban J connectivity index is 1.22. The molecular formula is C25H38N4O4. The van der Waals surface area contributed by atoms with E-state index in [1.807, 2.05) is 7.05 Å². The van der Waals surface area contributed by atoms with Crippen LogP contribution in [-0.2, 0) is 16.1 Å². The molecule has 3 aliphatic rings. The number of aliphatic carboxylic acids is 1. The van der Waals surface area contributed by atoms with E-state index >= 15 is 0 Å². The van der Waals surface area contributed by atoms with Crippen molar-refractivity contribution in [2.75, 3.05) is 52.9 Å². The van der Waals surface area contributed by atoms with E-state index in [2.05, 4.69) is 45.0 Å². The summed E-state index contributed by atoms with van der Waals surface area (Å²) in [5.41, 5.74) is 1.38. The number of piperidine rings is 1. The van der Waals surface area contributed by atoms with Crippen molar-refractivity contribution < 1.29 is 19.4 Å². The summed E-state index contributed by atoms with van der Waals surface area (Å²) in [7, 11) is 1.86. The second-order valence-electron chi connectivity index (χ2n) is 9.76. The van der Waals surface area contributed by atoms with Gasteiger partial charge in [-0.15, -0.1) is 0 Å². The molecule has 182 valence electrons. The van der Waals surface area contributed by atoms with Crippen LogP contribution in [0.2, 0.25) is 0 Å². The molecule has 1 aromatic rings. The van der Waals surface area contributed by atoms with Crippen molar-refractivity contribution in [3.63, 3.8) is 0 Å². The number of nitrogens with zero attached hydrogens (tertiary/aromatic N) is 4. The predicted octanol–water partition coefficient (Wildman–Crippen LogP) is 2.55. The molecule has 2 unspecified atom stereocenters. The molecule has 33 heavy (non-hydrogen) atoms. The lowest BCUT2D eigenvalue weighted by Gasteiger charge is -2.39. The van der Waals surface area contributed by atoms with Crippen molar-refractivity contribution in [3.05, 3.63) is 35.9 Å². The lowest BCUT2D eigenvalue weighted by atomic mass is 9.90. The minimum absolute atomic E-state index is 0.0883. The topological polar surface area (TPSA) is 76.6 Å². The van der Waals surface area contributed by atoms with E-state index in [0.29, 0.717) is 12.5 Å². The van der Waals surface area contributed by atoms with Crippen LogP contribution in [0.5, 0.6) is 0 Å². The molecule has 3 saturated heterocycles. The van der Waals surface area contributed by atoms with Gasteiger partial charge in [-0.05, 0) is 50.3 Å². The molecule has 1 N–H and O–H groups in total. The number of cyclic esters (lactones) is 1. The van der Waals surface area contributed by atoms with Crippen LogP contribution < -0.4 is 0 Å². The van der Waals surface area contributed by atoms with E-state index in [0.717, 1.165) is 58.7 Å². The van der Waals surface area contributed by atoms with Gasteiger partial charge in [0, 0.05) is 46.3 Å². The Morgan fingerprint density at radius 3 is 2.36 bits per heavy atom. The third kappa shape index (κ3) is 6.46. The van der Waals surface area contributed by atoms with E-state index in [9.17, 15) is 9.59 Å². The number of amides is 1. The Morgan fingerprint density at radius 1 is 1.00 bits per heavy atom. The van der Waals surface area contributed by atoms with E-state index in [4.69, 9.17) is 9.84 Å². The zero-order valence-electron chi connectivity index (χ0n) is 19.8. The second-order valence-corrected chi connectivity index (χ2v) is 9.76. The largest absolute Gasteiger partial charge is 0.481 e. The maximum atomic E-state index is 12.3. The van der Waals surface area contributed by atoms with Gasteiger partial charge >= 0.3 is 12.1 Å². The Labute approximate surface area is 197 Å². The van der Waals surface area contributed by atoms with E-state index in [1.165, 1.54) is 18.4 Å². The SMILES string of the molecule is CN1C(=O)OC(N2CCN(CCC(=O)O)CC2)C1CCC1CCN(Cc2ccccc2)CC1. The Hall–Kier alpha value is -2.16. The van der Waals surface area contributed by atoms with Crippen molar-refractivity contribution in [3.8, 4) is 0 Å². The first kappa shape index (κ1) is 24.0. The number of likely N-dealkylation sites (N-methyl/N-ethyl adjacent to an activating group) is 1. The Bertz CT molecular complexity index is 776. The number of benzene rings is 1. The van der Waals surface area contributed by atoms with E-state index in [1.54, 1.807) is 4.90 Å². The van der Waals surface area contributed by atoms with Gasteiger partial charge in [0.2, 0.25) is 0 Å². The number of likely N-dealkylation sites (tertiary alicyclic amines) is 1. The van der Waals surface area contributed by atoms with Crippen molar-refractivity contribution in [1.82, 2.24) is 19.6 Å². The monoisotopic (exact) mass is 458 g/mol. The molecule has 2 atom stereocenters. The average molecular weight is 459 g/mol. The standard InChI is InChI=1S/C25H38N4O4/c1-26-22(8-7-20-9-12-28(13-10-20)19-21-5-3-2-4-6-21)24(33-25(26)32)29-17-15-27(16-18-29)14-11-23(30)31/h2-6,20,22,24H,7-19H2,1H3,(H,30,31). The molecule has 0 spiro atoms. The average Bonchev–Trinajstić information content (AvgIpc) is 3.12. The van der Waals surface area contributed by atoms with Gasteiger partial charge in [-0.2, -0.15) is 0 Å². The minimum Gasteiger partial charge on any atom is -0.481 e. The normalized spacial score (nSPS) is 26.0. The number of carboxylic acids is 1. The number of carbonyl (C=O) groups is 2. The zero-order chi connectivity index (χ0) is 23.2. The fourth-order valence-corrected chi connectivity index (χ4v) is 5.42. The van der Waals surface area contributed by atoms with Crippen LogP contribution in [0, 0.1) is 5.92 Å². The van der Waals surface area contributed by atoms with Crippen molar-refractivity contribution >= 4 is 12.1 Å². The summed E-state index contributed by atoms with van der Waals surface area (Å²) < 4.78 is 5.77. The first-order valence-electron chi connectivity index (χ1n) is 12.4. The minimum atomic E-state index is -0.755. The Morgan fingerprint density at radius 2 is 1.70 bits per heavy atom. The van der Waals surface area contributed by atoms with Crippen LogP contribution in [0.15, 0.2) is 30.3 Å². The molecule has 1 amide bonds. The van der Waals surface area contributed by atoms with Crippen LogP contribution in [0.1, 0.15) is 37.7 Å². The van der Waals surface area contributed by atoms with Gasteiger partial charge < -0.3 is 19.6 Å². The predicted molar refractivity (Wildman–Crippen MR) is 126 cm³/mol. The highest BCUT2D eigenvalue weighted by Gasteiger charge is 2.43. The number of carbonyl (C=O) groups excluding carboxylic acids is 1. The summed E-state index contributed by atoms with van der Waals surface area (Å²) in [6.45, 7) is 7.13. The first-order valence-corrected chi connectivity index (χ1v) is 12.4. The molecule has 8 heteroatoms. The van der Waals surface area contributed by atoms with Crippen LogP contribution in [0.3, 0.4) is 0 Å². The van der Waals surface area contributed by atoms with Crippen LogP contribution in [-0.4, -0.2) is 102 Å². The lowest BCUT2D eigenvalue weighted by Crippen LogP contribution is -2.54. The lowest BCUT2D eigenvalue weighted by molar-refractivity contribution is -0.137. The third-order valence-corrected chi connectivity index (χ3v) is 7.57. The summed E-state index contributed by atoms with van der Waals surface area (Å²) in [5.74, 6) is -0.0515. The van der Waals surface area contributed by atoms with E-state index < -0.39 is 5.97 Å². The van der Waals surface area contributed by atoms with Crippen molar-refractivity contribution in [2.24, 2.45) is 5.92 Å². The van der Waals surface area contributed by atoms with Gasteiger partial charge in [0.05, 0.1) is 12.5 Å². The quantitative estimate of drug-likeness (QED) is 0.609. The number of piperazine rings is 1. The number of carboxylic acid groups (broad SMARTS) is 1. The molecule has 0 aromatic heterocycles. The highest BCUT2D eigenvalue weighted by atomic mass is 16.6. The summed E-state index contributed by atoms with van der Waals surface area (Å²) in [6, 6.07) is 10.8. The van der Waals surface area contributed by atoms with Gasteiger partial charge in [-0.25, -0.2) is 4.79 Å². The third-order valence-electron chi connectivity index (χ3n) is 7.57.